The largest absolute Gasteiger partial charge is 0.334 e. The highest BCUT2D eigenvalue weighted by Gasteiger charge is 2.44. The minimum Gasteiger partial charge on any atom is -0.334 e. The summed E-state index contributed by atoms with van der Waals surface area (Å²) in [5.41, 5.74) is 2.81. The van der Waals surface area contributed by atoms with E-state index >= 15 is 0 Å². The van der Waals surface area contributed by atoms with E-state index in [4.69, 9.17) is 0 Å². The maximum absolute atomic E-state index is 13.5. The van der Waals surface area contributed by atoms with E-state index in [0.29, 0.717) is 12.4 Å². The number of aromatic amines is 1. The smallest absolute Gasteiger partial charge is 0.290 e. The minimum atomic E-state index is -0.207. The molecule has 1 heterocycles. The number of para-hydroxylation sites is 2. The SMILES string of the molecule is CCN(C(=O)c1nc2ccccc2[nH]1)[C@@]1(C)CCCC(C)(NCc2ccccc2)C1. The summed E-state index contributed by atoms with van der Waals surface area (Å²) in [5, 5.41) is 3.79. The van der Waals surface area contributed by atoms with Crippen LogP contribution in [-0.4, -0.2) is 38.4 Å². The van der Waals surface area contributed by atoms with Crippen molar-refractivity contribution in [2.24, 2.45) is 0 Å². The van der Waals surface area contributed by atoms with Gasteiger partial charge in [0, 0.05) is 24.2 Å². The molecule has 1 aliphatic rings. The first-order chi connectivity index (χ1) is 14.4. The average molecular weight is 405 g/mol. The molecule has 3 aromatic rings. The predicted octanol–water partition coefficient (Wildman–Crippen LogP) is 4.91. The zero-order valence-electron chi connectivity index (χ0n) is 18.2. The second kappa shape index (κ2) is 8.23. The van der Waals surface area contributed by atoms with Gasteiger partial charge in [0.15, 0.2) is 5.82 Å². The number of fused-ring (bicyclic) bond motifs is 1. The lowest BCUT2D eigenvalue weighted by Crippen LogP contribution is -2.59. The number of nitrogens with one attached hydrogen (secondary N) is 2. The summed E-state index contributed by atoms with van der Waals surface area (Å²) >= 11 is 0. The van der Waals surface area contributed by atoms with Crippen molar-refractivity contribution in [3.63, 3.8) is 0 Å². The second-order valence-electron chi connectivity index (χ2n) is 9.08. The minimum absolute atomic E-state index is 0.00951. The third kappa shape index (κ3) is 4.12. The lowest BCUT2D eigenvalue weighted by molar-refractivity contribution is 0.0239. The first-order valence-corrected chi connectivity index (χ1v) is 11.0. The van der Waals surface area contributed by atoms with Crippen LogP contribution in [0.3, 0.4) is 0 Å². The molecule has 30 heavy (non-hydrogen) atoms. The number of amides is 1. The van der Waals surface area contributed by atoms with Crippen LogP contribution in [0.15, 0.2) is 54.6 Å². The third-order valence-electron chi connectivity index (χ3n) is 6.58. The zero-order chi connectivity index (χ0) is 21.2. The van der Waals surface area contributed by atoms with Crippen LogP contribution in [0, 0.1) is 0 Å². The number of carbonyl (C=O) groups is 1. The first kappa shape index (κ1) is 20.6. The molecule has 1 aliphatic carbocycles. The molecule has 2 aromatic carbocycles. The molecule has 5 nitrogen and oxygen atoms in total. The molecule has 4 rings (SSSR count). The van der Waals surface area contributed by atoms with Gasteiger partial charge < -0.3 is 15.2 Å². The van der Waals surface area contributed by atoms with Crippen LogP contribution < -0.4 is 5.32 Å². The van der Waals surface area contributed by atoms with Gasteiger partial charge in [-0.1, -0.05) is 42.5 Å². The van der Waals surface area contributed by atoms with E-state index in [0.717, 1.165) is 43.3 Å². The fourth-order valence-electron chi connectivity index (χ4n) is 5.12. The number of aromatic nitrogens is 2. The van der Waals surface area contributed by atoms with E-state index in [1.807, 2.05) is 35.2 Å². The Morgan fingerprint density at radius 1 is 1.10 bits per heavy atom. The number of H-pyrrole nitrogens is 1. The van der Waals surface area contributed by atoms with E-state index in [1.54, 1.807) is 0 Å². The van der Waals surface area contributed by atoms with Gasteiger partial charge in [-0.2, -0.15) is 0 Å². The van der Waals surface area contributed by atoms with Crippen molar-refractivity contribution in [3.8, 4) is 0 Å². The molecular weight excluding hydrogens is 372 g/mol. The van der Waals surface area contributed by atoms with Gasteiger partial charge in [-0.05, 0) is 64.2 Å². The van der Waals surface area contributed by atoms with E-state index in [2.05, 4.69) is 60.3 Å². The normalized spacial score (nSPS) is 24.1. The molecule has 0 spiro atoms. The molecule has 2 N–H and O–H groups in total. The summed E-state index contributed by atoms with van der Waals surface area (Å²) in [6.45, 7) is 8.11. The van der Waals surface area contributed by atoms with E-state index in [1.165, 1.54) is 5.56 Å². The molecular formula is C25H32N4O. The van der Waals surface area contributed by atoms with Crippen molar-refractivity contribution in [1.29, 1.82) is 0 Å². The van der Waals surface area contributed by atoms with Gasteiger partial charge in [0.05, 0.1) is 11.0 Å². The van der Waals surface area contributed by atoms with Crippen molar-refractivity contribution in [2.75, 3.05) is 6.54 Å². The van der Waals surface area contributed by atoms with Gasteiger partial charge in [0.2, 0.25) is 0 Å². The van der Waals surface area contributed by atoms with Crippen LogP contribution in [0.25, 0.3) is 11.0 Å². The molecule has 0 aliphatic heterocycles. The molecule has 1 amide bonds. The van der Waals surface area contributed by atoms with Crippen molar-refractivity contribution in [1.82, 2.24) is 20.2 Å². The average Bonchev–Trinajstić information content (AvgIpc) is 3.18. The highest BCUT2D eigenvalue weighted by atomic mass is 16.2. The number of hydrogen-bond donors (Lipinski definition) is 2. The van der Waals surface area contributed by atoms with E-state index in [9.17, 15) is 4.79 Å². The third-order valence-corrected chi connectivity index (χ3v) is 6.58. The number of rotatable bonds is 6. The molecule has 1 unspecified atom stereocenters. The standard InChI is InChI=1S/C25H32N4O/c1-4-29(23(30)22-27-20-13-8-9-14-21(20)28-22)25(3)16-10-15-24(2,18-25)26-17-19-11-6-5-7-12-19/h5-9,11-14,26H,4,10,15-18H2,1-3H3,(H,27,28)/t24?,25-/m0/s1. The molecule has 0 radical (unpaired) electrons. The maximum atomic E-state index is 13.5. The van der Waals surface area contributed by atoms with Crippen molar-refractivity contribution < 1.29 is 4.79 Å². The van der Waals surface area contributed by atoms with Crippen LogP contribution in [0.4, 0.5) is 0 Å². The number of benzene rings is 2. The number of carbonyl (C=O) groups excluding carboxylic acids is 1. The molecule has 0 bridgehead atoms. The van der Waals surface area contributed by atoms with Gasteiger partial charge in [-0.3, -0.25) is 4.79 Å². The Kier molecular flexibility index (Phi) is 5.65. The second-order valence-corrected chi connectivity index (χ2v) is 9.08. The fraction of sp³-hybridized carbons (Fsp3) is 0.440. The van der Waals surface area contributed by atoms with Gasteiger partial charge in [-0.15, -0.1) is 0 Å². The first-order valence-electron chi connectivity index (χ1n) is 11.0. The topological polar surface area (TPSA) is 61.0 Å². The molecule has 2 atom stereocenters. The summed E-state index contributed by atoms with van der Waals surface area (Å²) in [7, 11) is 0. The van der Waals surface area contributed by atoms with Crippen molar-refractivity contribution in [2.45, 2.75) is 64.1 Å². The summed E-state index contributed by atoms with van der Waals surface area (Å²) in [6.07, 6.45) is 4.15. The summed E-state index contributed by atoms with van der Waals surface area (Å²) in [5.74, 6) is 0.423. The van der Waals surface area contributed by atoms with Crippen LogP contribution in [-0.2, 0) is 6.54 Å². The van der Waals surface area contributed by atoms with Gasteiger partial charge in [-0.25, -0.2) is 4.98 Å². The molecule has 158 valence electrons. The number of imidazole rings is 1. The monoisotopic (exact) mass is 404 g/mol. The lowest BCUT2D eigenvalue weighted by atomic mass is 9.71. The maximum Gasteiger partial charge on any atom is 0.290 e. The summed E-state index contributed by atoms with van der Waals surface area (Å²) in [4.78, 5) is 23.2. The summed E-state index contributed by atoms with van der Waals surface area (Å²) < 4.78 is 0. The van der Waals surface area contributed by atoms with Crippen molar-refractivity contribution >= 4 is 16.9 Å². The highest BCUT2D eigenvalue weighted by Crippen LogP contribution is 2.39. The number of hydrogen-bond acceptors (Lipinski definition) is 3. The van der Waals surface area contributed by atoms with E-state index in [-0.39, 0.29) is 17.0 Å². The molecule has 5 heteroatoms. The molecule has 1 fully saturated rings. The molecule has 1 aromatic heterocycles. The quantitative estimate of drug-likeness (QED) is 0.614. The van der Waals surface area contributed by atoms with Gasteiger partial charge in [0.1, 0.15) is 0 Å². The Morgan fingerprint density at radius 2 is 1.83 bits per heavy atom. The Labute approximate surface area is 178 Å². The Balaban J connectivity index is 1.52. The molecule has 1 saturated carbocycles. The van der Waals surface area contributed by atoms with Crippen LogP contribution in [0.5, 0.6) is 0 Å². The van der Waals surface area contributed by atoms with Crippen LogP contribution in [0.2, 0.25) is 0 Å². The van der Waals surface area contributed by atoms with Crippen LogP contribution >= 0.6 is 0 Å². The molecule has 0 saturated heterocycles. The van der Waals surface area contributed by atoms with Crippen LogP contribution in [0.1, 0.15) is 62.6 Å². The van der Waals surface area contributed by atoms with Gasteiger partial charge in [0.25, 0.3) is 5.91 Å². The highest BCUT2D eigenvalue weighted by molar-refractivity contribution is 5.94. The fourth-order valence-corrected chi connectivity index (χ4v) is 5.12. The predicted molar refractivity (Wildman–Crippen MR) is 121 cm³/mol. The Morgan fingerprint density at radius 3 is 2.57 bits per heavy atom. The zero-order valence-corrected chi connectivity index (χ0v) is 18.2. The summed E-state index contributed by atoms with van der Waals surface area (Å²) in [6, 6.07) is 18.3. The van der Waals surface area contributed by atoms with Crippen molar-refractivity contribution in [3.05, 3.63) is 66.0 Å². The Hall–Kier alpha value is -2.66. The van der Waals surface area contributed by atoms with Gasteiger partial charge >= 0.3 is 0 Å². The Bertz CT molecular complexity index is 981. The van der Waals surface area contributed by atoms with E-state index < -0.39 is 0 Å². The lowest BCUT2D eigenvalue weighted by Gasteiger charge is -2.50. The number of nitrogens with zero attached hydrogens (tertiary/aromatic N) is 2.